The maximum atomic E-state index is 13.5. The molecule has 3 N–H and O–H groups in total. The quantitative estimate of drug-likeness (QED) is 0.204. The van der Waals surface area contributed by atoms with Crippen LogP contribution in [0.1, 0.15) is 64.3 Å². The Morgan fingerprint density at radius 1 is 1.04 bits per heavy atom. The molecule has 0 aliphatic heterocycles. The molecular weight excluding hydrogens is 655 g/mol. The molecule has 1 fully saturated rings. The number of hydrogen-bond acceptors (Lipinski definition) is 6. The van der Waals surface area contributed by atoms with Gasteiger partial charge in [-0.05, 0) is 101 Å². The molecule has 4 rings (SSSR count). The van der Waals surface area contributed by atoms with E-state index in [-0.39, 0.29) is 35.8 Å². The Balaban J connectivity index is 1.37. The number of aromatic nitrogens is 3. The van der Waals surface area contributed by atoms with E-state index in [1.165, 1.54) is 12.1 Å². The number of H-pyrrole nitrogens is 1. The first-order valence-electron chi connectivity index (χ1n) is 14.8. The van der Waals surface area contributed by atoms with E-state index >= 15 is 0 Å². The van der Waals surface area contributed by atoms with Gasteiger partial charge in [0.25, 0.3) is 0 Å². The normalized spacial score (nSPS) is 17.8. The minimum atomic E-state index is -4.64. The molecular formula is C32H37BrF3N5O4. The highest BCUT2D eigenvalue weighted by Gasteiger charge is 2.35. The van der Waals surface area contributed by atoms with Crippen LogP contribution in [0.4, 0.5) is 23.7 Å². The predicted octanol–water partition coefficient (Wildman–Crippen LogP) is 7.34. The number of alkyl carbamates (subject to hydrolysis) is 1. The van der Waals surface area contributed by atoms with Gasteiger partial charge in [-0.15, -0.1) is 0 Å². The van der Waals surface area contributed by atoms with Crippen LogP contribution in [0, 0.1) is 17.8 Å². The summed E-state index contributed by atoms with van der Waals surface area (Å²) < 4.78 is 44.8. The Labute approximate surface area is 268 Å². The summed E-state index contributed by atoms with van der Waals surface area (Å²) in [6.45, 7) is 5.91. The molecule has 1 atom stereocenters. The first-order chi connectivity index (χ1) is 21.2. The van der Waals surface area contributed by atoms with E-state index < -0.39 is 29.6 Å². The third kappa shape index (κ3) is 10.4. The van der Waals surface area contributed by atoms with Crippen LogP contribution in [0.2, 0.25) is 0 Å². The molecule has 1 aromatic heterocycles. The lowest BCUT2D eigenvalue weighted by Crippen LogP contribution is -2.37. The summed E-state index contributed by atoms with van der Waals surface area (Å²) in [5.74, 6) is -2.16. The summed E-state index contributed by atoms with van der Waals surface area (Å²) in [5.41, 5.74) is 1.10. The van der Waals surface area contributed by atoms with E-state index in [0.29, 0.717) is 37.1 Å². The Kier molecular flexibility index (Phi) is 11.1. The van der Waals surface area contributed by atoms with Crippen LogP contribution >= 0.6 is 15.9 Å². The molecule has 1 saturated carbocycles. The summed E-state index contributed by atoms with van der Waals surface area (Å²) >= 11 is 3.46. The van der Waals surface area contributed by atoms with E-state index in [0.717, 1.165) is 22.9 Å². The summed E-state index contributed by atoms with van der Waals surface area (Å²) in [6, 6.07) is 13.7. The van der Waals surface area contributed by atoms with Gasteiger partial charge in [0.15, 0.2) is 5.82 Å². The highest BCUT2D eigenvalue weighted by Crippen LogP contribution is 2.32. The van der Waals surface area contributed by atoms with Crippen molar-refractivity contribution in [1.29, 1.82) is 0 Å². The van der Waals surface area contributed by atoms with Gasteiger partial charge in [0.2, 0.25) is 11.7 Å². The number of carbonyl (C=O) groups is 3. The second-order valence-electron chi connectivity index (χ2n) is 12.4. The lowest BCUT2D eigenvalue weighted by Gasteiger charge is -2.29. The lowest BCUT2D eigenvalue weighted by atomic mass is 9.77. The van der Waals surface area contributed by atoms with Crippen molar-refractivity contribution in [3.63, 3.8) is 0 Å². The number of carbonyl (C=O) groups excluding carboxylic acids is 3. The van der Waals surface area contributed by atoms with Crippen LogP contribution in [0.3, 0.4) is 0 Å². The van der Waals surface area contributed by atoms with Crippen molar-refractivity contribution in [2.24, 2.45) is 17.8 Å². The maximum absolute atomic E-state index is 13.5. The number of nitrogens with one attached hydrogen (secondary N) is 3. The molecule has 3 aromatic rings. The first-order valence-corrected chi connectivity index (χ1v) is 15.6. The molecule has 0 unspecified atom stereocenters. The van der Waals surface area contributed by atoms with Crippen molar-refractivity contribution in [1.82, 2.24) is 20.5 Å². The van der Waals surface area contributed by atoms with Crippen molar-refractivity contribution in [3.05, 3.63) is 64.4 Å². The molecule has 2 aromatic carbocycles. The SMILES string of the molecule is CC(C)(C)OC(=O)NCC1CCC(C(=O)C[C@@H](Cc2cccc(Br)c2)C(=O)Nc2ccc(-c3n[nH]c(C(F)(F)F)n3)cc2)CC1. The van der Waals surface area contributed by atoms with Gasteiger partial charge in [0.1, 0.15) is 11.4 Å². The van der Waals surface area contributed by atoms with E-state index in [9.17, 15) is 27.6 Å². The number of halogens is 4. The summed E-state index contributed by atoms with van der Waals surface area (Å²) in [4.78, 5) is 42.5. The third-order valence-corrected chi connectivity index (χ3v) is 8.08. The molecule has 0 radical (unpaired) electrons. The second-order valence-corrected chi connectivity index (χ2v) is 13.3. The Bertz CT molecular complexity index is 1480. The summed E-state index contributed by atoms with van der Waals surface area (Å²) in [6.07, 6.45) is -1.73. The van der Waals surface area contributed by atoms with Gasteiger partial charge in [0, 0.05) is 40.5 Å². The van der Waals surface area contributed by atoms with Gasteiger partial charge in [-0.25, -0.2) is 9.78 Å². The van der Waals surface area contributed by atoms with Crippen LogP contribution in [0.15, 0.2) is 53.0 Å². The van der Waals surface area contributed by atoms with Crippen molar-refractivity contribution in [2.45, 2.75) is 71.1 Å². The molecule has 0 spiro atoms. The van der Waals surface area contributed by atoms with Crippen molar-refractivity contribution in [3.8, 4) is 11.4 Å². The lowest BCUT2D eigenvalue weighted by molar-refractivity contribution is -0.144. The zero-order valence-corrected chi connectivity index (χ0v) is 26.9. The molecule has 1 aliphatic rings. The molecule has 242 valence electrons. The Morgan fingerprint density at radius 2 is 1.73 bits per heavy atom. The fourth-order valence-corrected chi connectivity index (χ4v) is 5.76. The van der Waals surface area contributed by atoms with Gasteiger partial charge in [0.05, 0.1) is 0 Å². The average molecular weight is 693 g/mol. The van der Waals surface area contributed by atoms with Gasteiger partial charge in [-0.2, -0.15) is 18.3 Å². The number of hydrogen-bond donors (Lipinski definition) is 3. The monoisotopic (exact) mass is 691 g/mol. The Hall–Kier alpha value is -3.74. The molecule has 0 saturated heterocycles. The number of alkyl halides is 3. The predicted molar refractivity (Wildman–Crippen MR) is 166 cm³/mol. The largest absolute Gasteiger partial charge is 0.451 e. The number of ketones is 1. The number of benzene rings is 2. The molecule has 1 heterocycles. The van der Waals surface area contributed by atoms with Gasteiger partial charge < -0.3 is 15.4 Å². The maximum Gasteiger partial charge on any atom is 0.451 e. The molecule has 45 heavy (non-hydrogen) atoms. The zero-order valence-electron chi connectivity index (χ0n) is 25.3. The third-order valence-electron chi connectivity index (χ3n) is 7.59. The molecule has 2 amide bonds. The highest BCUT2D eigenvalue weighted by molar-refractivity contribution is 9.10. The number of nitrogens with zero attached hydrogens (tertiary/aromatic N) is 2. The van der Waals surface area contributed by atoms with Crippen LogP contribution in [0.25, 0.3) is 11.4 Å². The van der Waals surface area contributed by atoms with Gasteiger partial charge >= 0.3 is 12.3 Å². The van der Waals surface area contributed by atoms with Gasteiger partial charge in [-0.3, -0.25) is 14.7 Å². The smallest absolute Gasteiger partial charge is 0.444 e. The van der Waals surface area contributed by atoms with Crippen LogP contribution < -0.4 is 10.6 Å². The van der Waals surface area contributed by atoms with Crippen LogP contribution in [-0.4, -0.2) is 45.1 Å². The fraction of sp³-hybridized carbons (Fsp3) is 0.469. The van der Waals surface area contributed by atoms with E-state index in [2.05, 4.69) is 36.6 Å². The number of aromatic amines is 1. The minimum absolute atomic E-state index is 0.0316. The van der Waals surface area contributed by atoms with Crippen molar-refractivity contribution >= 4 is 39.4 Å². The molecule has 1 aliphatic carbocycles. The Morgan fingerprint density at radius 3 is 2.33 bits per heavy atom. The number of anilines is 1. The van der Waals surface area contributed by atoms with E-state index in [1.54, 1.807) is 12.1 Å². The molecule has 9 nitrogen and oxygen atoms in total. The number of amides is 2. The topological polar surface area (TPSA) is 126 Å². The molecule has 13 heteroatoms. The second kappa shape index (κ2) is 14.6. The van der Waals surface area contributed by atoms with Crippen LogP contribution in [-0.2, 0) is 26.9 Å². The fourth-order valence-electron chi connectivity index (χ4n) is 5.31. The first kappa shape index (κ1) is 34.1. The summed E-state index contributed by atoms with van der Waals surface area (Å²) in [7, 11) is 0. The van der Waals surface area contributed by atoms with E-state index in [4.69, 9.17) is 4.74 Å². The standard InChI is InChI=1S/C32H37BrF3N5O4/c1-31(2,3)45-30(44)37-18-19-7-9-21(10-8-19)26(42)17-23(15-20-5-4-6-24(33)16-20)28(43)38-25-13-11-22(12-14-25)27-39-29(41-40-27)32(34,35)36/h4-6,11-14,16,19,21,23H,7-10,15,17-18H2,1-3H3,(H,37,44)(H,38,43)(H,39,40,41)/t19?,21?,23-/m1/s1. The zero-order chi connectivity index (χ0) is 32.8. The van der Waals surface area contributed by atoms with Gasteiger partial charge in [-0.1, -0.05) is 28.1 Å². The number of Topliss-reactive ketones (excluding diaryl/α,β-unsaturated/α-hetero) is 1. The summed E-state index contributed by atoms with van der Waals surface area (Å²) in [5, 5.41) is 11.2. The highest BCUT2D eigenvalue weighted by atomic mass is 79.9. The van der Waals surface area contributed by atoms with Crippen LogP contribution in [0.5, 0.6) is 0 Å². The number of ether oxygens (including phenoxy) is 1. The molecule has 0 bridgehead atoms. The van der Waals surface area contributed by atoms with Crippen molar-refractivity contribution in [2.75, 3.05) is 11.9 Å². The minimum Gasteiger partial charge on any atom is -0.444 e. The number of rotatable bonds is 10. The van der Waals surface area contributed by atoms with E-state index in [1.807, 2.05) is 50.1 Å². The van der Waals surface area contributed by atoms with Crippen molar-refractivity contribution < 1.29 is 32.3 Å². The average Bonchev–Trinajstić information content (AvgIpc) is 3.47.